The molecule has 2 unspecified atom stereocenters. The van der Waals surface area contributed by atoms with Crippen LogP contribution in [0.15, 0.2) is 72.9 Å². The fourth-order valence-electron chi connectivity index (χ4n) is 2.92. The van der Waals surface area contributed by atoms with Gasteiger partial charge in [0.05, 0.1) is 29.4 Å². The lowest BCUT2D eigenvalue weighted by Crippen LogP contribution is -2.37. The molecule has 3 rings (SSSR count). The van der Waals surface area contributed by atoms with Gasteiger partial charge in [-0.3, -0.25) is 15.1 Å². The van der Waals surface area contributed by atoms with Gasteiger partial charge in [-0.1, -0.05) is 24.3 Å². The van der Waals surface area contributed by atoms with Gasteiger partial charge < -0.3 is 15.5 Å². The third-order valence-corrected chi connectivity index (χ3v) is 4.48. The van der Waals surface area contributed by atoms with E-state index in [1.807, 2.05) is 42.5 Å². The summed E-state index contributed by atoms with van der Waals surface area (Å²) in [4.78, 5) is 14.6. The van der Waals surface area contributed by atoms with Crippen molar-refractivity contribution in [2.75, 3.05) is 6.61 Å². The summed E-state index contributed by atoms with van der Waals surface area (Å²) >= 11 is 0. The maximum atomic E-state index is 10.7. The van der Waals surface area contributed by atoms with Crippen molar-refractivity contribution in [1.82, 2.24) is 10.3 Å². The van der Waals surface area contributed by atoms with Gasteiger partial charge in [0.1, 0.15) is 0 Å². The molecule has 1 heterocycles. The zero-order valence-corrected chi connectivity index (χ0v) is 15.1. The summed E-state index contributed by atoms with van der Waals surface area (Å²) in [6, 6.07) is 18.6. The van der Waals surface area contributed by atoms with Gasteiger partial charge in [0.25, 0.3) is 5.69 Å². The number of aromatic nitrogens is 1. The molecule has 28 heavy (non-hydrogen) atoms. The average Bonchev–Trinajstić information content (AvgIpc) is 2.75. The normalized spacial score (nSPS) is 13.1. The van der Waals surface area contributed by atoms with E-state index in [1.54, 1.807) is 6.20 Å². The summed E-state index contributed by atoms with van der Waals surface area (Å²) < 4.78 is 0. The molecular formula is C21H21N3O4. The van der Waals surface area contributed by atoms with E-state index in [2.05, 4.69) is 10.3 Å². The van der Waals surface area contributed by atoms with Crippen molar-refractivity contribution in [2.24, 2.45) is 0 Å². The third-order valence-electron chi connectivity index (χ3n) is 4.48. The highest BCUT2D eigenvalue weighted by molar-refractivity contribution is 5.59. The van der Waals surface area contributed by atoms with Crippen LogP contribution in [0.4, 0.5) is 5.69 Å². The standard InChI is InChI=1S/C21H21N3O4/c25-14-20(21(26)16-7-9-18(10-8-16)24(27)28)23-13-15-4-3-5-17(12-15)19-6-1-2-11-22-19/h1-12,20-21,23,25-26H,13-14H2. The number of hydrogen-bond acceptors (Lipinski definition) is 6. The molecule has 1 aromatic heterocycles. The molecule has 2 aromatic carbocycles. The van der Waals surface area contributed by atoms with Crippen LogP contribution >= 0.6 is 0 Å². The molecule has 0 radical (unpaired) electrons. The van der Waals surface area contributed by atoms with Gasteiger partial charge >= 0.3 is 0 Å². The van der Waals surface area contributed by atoms with Crippen LogP contribution in [0.2, 0.25) is 0 Å². The van der Waals surface area contributed by atoms with Gasteiger partial charge in [0.2, 0.25) is 0 Å². The molecule has 0 saturated carbocycles. The Morgan fingerprint density at radius 1 is 1.07 bits per heavy atom. The van der Waals surface area contributed by atoms with E-state index in [1.165, 1.54) is 24.3 Å². The van der Waals surface area contributed by atoms with Crippen molar-refractivity contribution in [2.45, 2.75) is 18.7 Å². The molecule has 7 heteroatoms. The molecule has 3 aromatic rings. The number of nitro benzene ring substituents is 1. The fraction of sp³-hybridized carbons (Fsp3) is 0.190. The quantitative estimate of drug-likeness (QED) is 0.410. The number of benzene rings is 2. The summed E-state index contributed by atoms with van der Waals surface area (Å²) in [5.41, 5.74) is 3.29. The van der Waals surface area contributed by atoms with Crippen LogP contribution in [0.1, 0.15) is 17.2 Å². The maximum Gasteiger partial charge on any atom is 0.269 e. The number of non-ortho nitro benzene ring substituents is 1. The molecular weight excluding hydrogens is 358 g/mol. The first-order chi connectivity index (χ1) is 13.6. The first kappa shape index (κ1) is 19.6. The Kier molecular flexibility index (Phi) is 6.44. The number of nitro groups is 1. The lowest BCUT2D eigenvalue weighted by atomic mass is 10.0. The number of aliphatic hydroxyl groups excluding tert-OH is 2. The second-order valence-electron chi connectivity index (χ2n) is 6.38. The molecule has 0 amide bonds. The van der Waals surface area contributed by atoms with Crippen LogP contribution in [0.5, 0.6) is 0 Å². The van der Waals surface area contributed by atoms with Gasteiger partial charge in [-0.05, 0) is 41.5 Å². The number of aliphatic hydroxyl groups is 2. The molecule has 0 fully saturated rings. The predicted molar refractivity (Wildman–Crippen MR) is 105 cm³/mol. The van der Waals surface area contributed by atoms with Crippen LogP contribution < -0.4 is 5.32 Å². The molecule has 0 aliphatic rings. The Labute approximate surface area is 162 Å². The van der Waals surface area contributed by atoms with Gasteiger partial charge in [-0.2, -0.15) is 0 Å². The van der Waals surface area contributed by atoms with Crippen LogP contribution in [-0.4, -0.2) is 32.8 Å². The summed E-state index contributed by atoms with van der Waals surface area (Å²) in [6.45, 7) is 0.161. The highest BCUT2D eigenvalue weighted by Gasteiger charge is 2.20. The van der Waals surface area contributed by atoms with Crippen LogP contribution in [-0.2, 0) is 6.54 Å². The topological polar surface area (TPSA) is 109 Å². The second-order valence-corrected chi connectivity index (χ2v) is 6.38. The zero-order chi connectivity index (χ0) is 19.9. The maximum absolute atomic E-state index is 10.7. The number of pyridine rings is 1. The SMILES string of the molecule is O=[N+]([O-])c1ccc(C(O)C(CO)NCc2cccc(-c3ccccn3)c2)cc1. The number of hydrogen-bond donors (Lipinski definition) is 3. The number of nitrogens with one attached hydrogen (secondary N) is 1. The predicted octanol–water partition coefficient (Wildman–Crippen LogP) is 2.84. The van der Waals surface area contributed by atoms with Gasteiger partial charge in [-0.15, -0.1) is 0 Å². The average molecular weight is 379 g/mol. The van der Waals surface area contributed by atoms with E-state index in [4.69, 9.17) is 0 Å². The summed E-state index contributed by atoms with van der Waals surface area (Å²) in [5.74, 6) is 0. The summed E-state index contributed by atoms with van der Waals surface area (Å²) in [7, 11) is 0. The molecule has 0 aliphatic heterocycles. The van der Waals surface area contributed by atoms with Crippen molar-refractivity contribution in [3.63, 3.8) is 0 Å². The molecule has 0 saturated heterocycles. The lowest BCUT2D eigenvalue weighted by Gasteiger charge is -2.23. The lowest BCUT2D eigenvalue weighted by molar-refractivity contribution is -0.384. The third kappa shape index (κ3) is 4.77. The van der Waals surface area contributed by atoms with Gasteiger partial charge in [-0.25, -0.2) is 0 Å². The monoisotopic (exact) mass is 379 g/mol. The van der Waals surface area contributed by atoms with Crippen molar-refractivity contribution in [3.05, 3.63) is 94.2 Å². The van der Waals surface area contributed by atoms with E-state index in [0.717, 1.165) is 16.8 Å². The summed E-state index contributed by atoms with van der Waals surface area (Å²) in [5, 5.41) is 34.1. The largest absolute Gasteiger partial charge is 0.395 e. The molecule has 0 spiro atoms. The fourth-order valence-corrected chi connectivity index (χ4v) is 2.92. The first-order valence-corrected chi connectivity index (χ1v) is 8.85. The Morgan fingerprint density at radius 3 is 2.50 bits per heavy atom. The Bertz CT molecular complexity index is 916. The van der Waals surface area contributed by atoms with Crippen LogP contribution in [0, 0.1) is 10.1 Å². The van der Waals surface area contributed by atoms with E-state index in [0.29, 0.717) is 12.1 Å². The molecule has 2 atom stereocenters. The Hall–Kier alpha value is -3.13. The zero-order valence-electron chi connectivity index (χ0n) is 15.1. The summed E-state index contributed by atoms with van der Waals surface area (Å²) in [6.07, 6.45) is 0.743. The van der Waals surface area contributed by atoms with Crippen molar-refractivity contribution >= 4 is 5.69 Å². The highest BCUT2D eigenvalue weighted by Crippen LogP contribution is 2.21. The van der Waals surface area contributed by atoms with Gasteiger partial charge in [0, 0.05) is 30.4 Å². The molecule has 0 bridgehead atoms. The van der Waals surface area contributed by atoms with E-state index >= 15 is 0 Å². The Balaban J connectivity index is 1.67. The molecule has 3 N–H and O–H groups in total. The van der Waals surface area contributed by atoms with E-state index in [9.17, 15) is 20.3 Å². The highest BCUT2D eigenvalue weighted by atomic mass is 16.6. The molecule has 144 valence electrons. The van der Waals surface area contributed by atoms with Crippen LogP contribution in [0.25, 0.3) is 11.3 Å². The smallest absolute Gasteiger partial charge is 0.269 e. The Morgan fingerprint density at radius 2 is 1.86 bits per heavy atom. The number of nitrogens with zero attached hydrogens (tertiary/aromatic N) is 2. The van der Waals surface area contributed by atoms with Crippen molar-refractivity contribution in [1.29, 1.82) is 0 Å². The van der Waals surface area contributed by atoms with Crippen LogP contribution in [0.3, 0.4) is 0 Å². The minimum atomic E-state index is -0.996. The van der Waals surface area contributed by atoms with Crippen molar-refractivity contribution in [3.8, 4) is 11.3 Å². The second kappa shape index (κ2) is 9.18. The first-order valence-electron chi connectivity index (χ1n) is 8.85. The number of rotatable bonds is 8. The van der Waals surface area contributed by atoms with E-state index < -0.39 is 17.1 Å². The minimum Gasteiger partial charge on any atom is -0.395 e. The van der Waals surface area contributed by atoms with Crippen molar-refractivity contribution < 1.29 is 15.1 Å². The molecule has 0 aliphatic carbocycles. The van der Waals surface area contributed by atoms with Gasteiger partial charge in [0.15, 0.2) is 0 Å². The molecule has 7 nitrogen and oxygen atoms in total. The minimum absolute atomic E-state index is 0.0456. The van der Waals surface area contributed by atoms with E-state index in [-0.39, 0.29) is 12.3 Å².